The number of nitrogens with zero attached hydrogens (tertiary/aromatic N) is 2. The van der Waals surface area contributed by atoms with Crippen molar-refractivity contribution in [2.75, 3.05) is 8.61 Å². The maximum Gasteiger partial charge on any atom is 0.337 e. The van der Waals surface area contributed by atoms with E-state index in [0.29, 0.717) is 17.1 Å². The Labute approximate surface area is 271 Å². The molecule has 0 aliphatic heterocycles. The van der Waals surface area contributed by atoms with Gasteiger partial charge in [0.25, 0.3) is 22.5 Å². The molecule has 236 valence electrons. The van der Waals surface area contributed by atoms with E-state index in [1.807, 2.05) is 56.3 Å². The minimum Gasteiger partial charge on any atom is -0.487 e. The molecular weight excluding hydrogens is 629 g/mol. The lowest BCUT2D eigenvalue weighted by Crippen LogP contribution is -2.21. The number of anilines is 4. The van der Waals surface area contributed by atoms with E-state index in [2.05, 4.69) is 0 Å². The van der Waals surface area contributed by atoms with Crippen molar-refractivity contribution in [1.82, 2.24) is 0 Å². The molecule has 0 fully saturated rings. The van der Waals surface area contributed by atoms with Crippen LogP contribution >= 0.6 is 0 Å². The quantitative estimate of drug-likeness (QED) is 0.115. The standard InChI is InChI=1S/C34H30N2O8S2/c1-23-8-12-26(13-9-23)35(45(39)40)31-18-16-28(20-30(31)34(37)38)44-29-17-19-32(33(21-29)43-22-25-6-4-3-5-7-25)36(46(41)42)27-14-10-24(2)11-15-27/h3-21H,22H2,1-2H3,(H,37,38)(H,39,40)(H,41,42). The molecule has 0 aliphatic rings. The summed E-state index contributed by atoms with van der Waals surface area (Å²) in [6.07, 6.45) is 0. The molecule has 0 aliphatic carbocycles. The minimum atomic E-state index is -2.57. The molecule has 0 spiro atoms. The van der Waals surface area contributed by atoms with E-state index in [0.717, 1.165) is 21.0 Å². The highest BCUT2D eigenvalue weighted by Crippen LogP contribution is 2.40. The molecule has 5 rings (SSSR count). The molecule has 0 aromatic heterocycles. The number of aryl methyl sites for hydroxylation is 2. The number of carboxylic acid groups (broad SMARTS) is 1. The number of benzene rings is 5. The lowest BCUT2D eigenvalue weighted by atomic mass is 10.1. The zero-order valence-corrected chi connectivity index (χ0v) is 26.4. The molecule has 0 saturated carbocycles. The van der Waals surface area contributed by atoms with Gasteiger partial charge < -0.3 is 14.6 Å². The molecule has 5 aromatic rings. The van der Waals surface area contributed by atoms with Gasteiger partial charge in [0.2, 0.25) is 0 Å². The first-order valence-corrected chi connectivity index (χ1v) is 16.0. The Morgan fingerprint density at radius 3 is 1.70 bits per heavy atom. The lowest BCUT2D eigenvalue weighted by Gasteiger charge is -2.24. The summed E-state index contributed by atoms with van der Waals surface area (Å²) in [6.45, 7) is 3.94. The second-order valence-electron chi connectivity index (χ2n) is 10.2. The first kappa shape index (κ1) is 32.4. The predicted octanol–water partition coefficient (Wildman–Crippen LogP) is 7.92. The Hall–Kier alpha value is -5.01. The number of carboxylic acids is 1. The Kier molecular flexibility index (Phi) is 10.1. The average Bonchev–Trinajstić information content (AvgIpc) is 3.03. The van der Waals surface area contributed by atoms with Gasteiger partial charge in [0, 0.05) is 6.07 Å². The van der Waals surface area contributed by atoms with E-state index < -0.39 is 28.5 Å². The van der Waals surface area contributed by atoms with E-state index in [-0.39, 0.29) is 35.1 Å². The van der Waals surface area contributed by atoms with Crippen LogP contribution < -0.4 is 18.1 Å². The third-order valence-electron chi connectivity index (χ3n) is 6.89. The molecule has 10 nitrogen and oxygen atoms in total. The van der Waals surface area contributed by atoms with Crippen LogP contribution in [0.25, 0.3) is 0 Å². The number of hydrogen-bond acceptors (Lipinski definition) is 5. The summed E-state index contributed by atoms with van der Waals surface area (Å²) >= 11 is -5.02. The van der Waals surface area contributed by atoms with Crippen molar-refractivity contribution in [1.29, 1.82) is 0 Å². The van der Waals surface area contributed by atoms with E-state index in [1.165, 1.54) is 22.5 Å². The molecular formula is C34H30N2O8S2. The van der Waals surface area contributed by atoms with Crippen molar-refractivity contribution in [3.8, 4) is 17.2 Å². The van der Waals surface area contributed by atoms with E-state index in [9.17, 15) is 27.4 Å². The second-order valence-corrected chi connectivity index (χ2v) is 11.9. The molecule has 0 saturated heterocycles. The zero-order chi connectivity index (χ0) is 32.8. The third kappa shape index (κ3) is 7.61. The van der Waals surface area contributed by atoms with Gasteiger partial charge >= 0.3 is 5.97 Å². The van der Waals surface area contributed by atoms with Gasteiger partial charge in [0.05, 0.1) is 28.3 Å². The van der Waals surface area contributed by atoms with Crippen molar-refractivity contribution in [2.24, 2.45) is 0 Å². The molecule has 0 amide bonds. The average molecular weight is 659 g/mol. The SMILES string of the molecule is Cc1ccc(N(c2ccc(Oc3ccc(N(c4ccc(C)cc4)S(=O)O)c(C(=O)O)c3)cc2OCc2ccccc2)S(=O)O)cc1. The normalized spacial score (nSPS) is 12.2. The van der Waals surface area contributed by atoms with Gasteiger partial charge in [0.15, 0.2) is 0 Å². The summed E-state index contributed by atoms with van der Waals surface area (Å²) in [7, 11) is 0. The van der Waals surface area contributed by atoms with Crippen molar-refractivity contribution in [2.45, 2.75) is 20.5 Å². The van der Waals surface area contributed by atoms with Gasteiger partial charge in [0.1, 0.15) is 23.9 Å². The smallest absolute Gasteiger partial charge is 0.337 e. The number of aromatic carboxylic acids is 1. The molecule has 0 bridgehead atoms. The summed E-state index contributed by atoms with van der Waals surface area (Å²) in [6, 6.07) is 32.1. The molecule has 0 radical (unpaired) electrons. The molecule has 0 heterocycles. The van der Waals surface area contributed by atoms with Crippen LogP contribution in [0.3, 0.4) is 0 Å². The van der Waals surface area contributed by atoms with Gasteiger partial charge in [-0.3, -0.25) is 9.11 Å². The van der Waals surface area contributed by atoms with E-state index >= 15 is 0 Å². The fraction of sp³-hybridized carbons (Fsp3) is 0.0882. The highest BCUT2D eigenvalue weighted by atomic mass is 32.2. The molecule has 2 atom stereocenters. The Morgan fingerprint density at radius 2 is 1.17 bits per heavy atom. The topological polar surface area (TPSA) is 137 Å². The summed E-state index contributed by atoms with van der Waals surface area (Å²) in [5.41, 5.74) is 3.60. The lowest BCUT2D eigenvalue weighted by molar-refractivity contribution is 0.0697. The predicted molar refractivity (Wildman–Crippen MR) is 179 cm³/mol. The first-order chi connectivity index (χ1) is 22.1. The Morgan fingerprint density at radius 1 is 0.674 bits per heavy atom. The van der Waals surface area contributed by atoms with Crippen LogP contribution in [-0.2, 0) is 29.1 Å². The molecule has 12 heteroatoms. The van der Waals surface area contributed by atoms with E-state index in [1.54, 1.807) is 54.6 Å². The van der Waals surface area contributed by atoms with Gasteiger partial charge in [-0.05, 0) is 74.0 Å². The summed E-state index contributed by atoms with van der Waals surface area (Å²) in [4.78, 5) is 12.3. The Bertz CT molecular complexity index is 1880. The van der Waals surface area contributed by atoms with Gasteiger partial charge in [-0.1, -0.05) is 65.7 Å². The first-order valence-electron chi connectivity index (χ1n) is 13.9. The van der Waals surface area contributed by atoms with Crippen LogP contribution in [0.5, 0.6) is 17.2 Å². The fourth-order valence-corrected chi connectivity index (χ4v) is 5.88. The number of carbonyl (C=O) groups is 1. The zero-order valence-electron chi connectivity index (χ0n) is 24.8. The number of rotatable bonds is 12. The van der Waals surface area contributed by atoms with Crippen LogP contribution in [0, 0.1) is 13.8 Å². The van der Waals surface area contributed by atoms with Gasteiger partial charge in [-0.15, -0.1) is 0 Å². The van der Waals surface area contributed by atoms with Crippen LogP contribution in [-0.4, -0.2) is 28.6 Å². The van der Waals surface area contributed by atoms with Crippen LogP contribution in [0.2, 0.25) is 0 Å². The molecule has 5 aromatic carbocycles. The highest BCUT2D eigenvalue weighted by Gasteiger charge is 2.24. The monoisotopic (exact) mass is 658 g/mol. The maximum absolute atomic E-state index is 12.6. The Balaban J connectivity index is 1.52. The maximum atomic E-state index is 12.6. The number of ether oxygens (including phenoxy) is 2. The molecule has 2 unspecified atom stereocenters. The summed E-state index contributed by atoms with van der Waals surface area (Å²) in [5.74, 6) is -0.703. The van der Waals surface area contributed by atoms with Gasteiger partial charge in [-0.2, -0.15) is 0 Å². The fourth-order valence-electron chi connectivity index (χ4n) is 4.63. The van der Waals surface area contributed by atoms with Crippen molar-refractivity contribution in [3.05, 3.63) is 138 Å². The third-order valence-corrected chi connectivity index (χ3v) is 8.33. The van der Waals surface area contributed by atoms with Crippen LogP contribution in [0.1, 0.15) is 27.0 Å². The second kappa shape index (κ2) is 14.4. The van der Waals surface area contributed by atoms with Crippen LogP contribution in [0.15, 0.2) is 115 Å². The highest BCUT2D eigenvalue weighted by molar-refractivity contribution is 7.81. The summed E-state index contributed by atoms with van der Waals surface area (Å²) in [5, 5.41) is 10.0. The van der Waals surface area contributed by atoms with Gasteiger partial charge in [-0.25, -0.2) is 21.8 Å². The molecule has 46 heavy (non-hydrogen) atoms. The molecule has 3 N–H and O–H groups in total. The van der Waals surface area contributed by atoms with E-state index in [4.69, 9.17) is 9.47 Å². The largest absolute Gasteiger partial charge is 0.487 e. The van der Waals surface area contributed by atoms with Crippen molar-refractivity contribution in [3.63, 3.8) is 0 Å². The minimum absolute atomic E-state index is 0.00840. The van der Waals surface area contributed by atoms with Crippen molar-refractivity contribution < 1.29 is 36.9 Å². The van der Waals surface area contributed by atoms with Crippen molar-refractivity contribution >= 4 is 51.3 Å². The number of hydrogen-bond donors (Lipinski definition) is 3. The summed E-state index contributed by atoms with van der Waals surface area (Å²) < 4.78 is 59.7. The van der Waals surface area contributed by atoms with Crippen LogP contribution in [0.4, 0.5) is 22.7 Å².